The standard InChI is InChI=1S/C15H10N2O3/c18-15-11-4-2-1-3-9(11)13-10-6-5-8(17(19)20)7-12(10)14(15)16-13/h1-7,13-14,16H. The lowest BCUT2D eigenvalue weighted by Crippen LogP contribution is -2.32. The van der Waals surface area contributed by atoms with Crippen molar-refractivity contribution in [2.24, 2.45) is 0 Å². The number of carbonyl (C=O) groups excluding carboxylic acids is 1. The molecule has 0 saturated heterocycles. The predicted molar refractivity (Wildman–Crippen MR) is 71.6 cm³/mol. The molecule has 98 valence electrons. The monoisotopic (exact) mass is 266 g/mol. The summed E-state index contributed by atoms with van der Waals surface area (Å²) >= 11 is 0. The molecule has 0 radical (unpaired) electrons. The van der Waals surface area contributed by atoms with Crippen LogP contribution in [0, 0.1) is 10.1 Å². The third-order valence-corrected chi connectivity index (χ3v) is 4.04. The summed E-state index contributed by atoms with van der Waals surface area (Å²) in [5.41, 5.74) is 3.36. The zero-order valence-corrected chi connectivity index (χ0v) is 10.4. The Kier molecular flexibility index (Phi) is 2.11. The Bertz CT molecular complexity index is 769. The first-order chi connectivity index (χ1) is 9.66. The van der Waals surface area contributed by atoms with Gasteiger partial charge >= 0.3 is 0 Å². The molecule has 2 aliphatic rings. The maximum absolute atomic E-state index is 12.5. The number of benzene rings is 2. The van der Waals surface area contributed by atoms with Crippen molar-refractivity contribution in [3.05, 3.63) is 74.8 Å². The van der Waals surface area contributed by atoms with Crippen LogP contribution < -0.4 is 5.32 Å². The smallest absolute Gasteiger partial charge is 0.269 e. The highest BCUT2D eigenvalue weighted by atomic mass is 16.6. The Morgan fingerprint density at radius 2 is 1.80 bits per heavy atom. The second kappa shape index (κ2) is 3.74. The molecule has 1 N–H and O–H groups in total. The molecule has 2 atom stereocenters. The van der Waals surface area contributed by atoms with Crippen LogP contribution in [0.15, 0.2) is 42.5 Å². The zero-order chi connectivity index (χ0) is 13.9. The normalized spacial score (nSPS) is 22.3. The number of carbonyl (C=O) groups is 1. The molecule has 2 aromatic rings. The van der Waals surface area contributed by atoms with Gasteiger partial charge in [-0.05, 0) is 22.8 Å². The summed E-state index contributed by atoms with van der Waals surface area (Å²) in [6, 6.07) is 11.7. The number of hydrogen-bond acceptors (Lipinski definition) is 4. The number of ketones is 1. The van der Waals surface area contributed by atoms with E-state index in [9.17, 15) is 14.9 Å². The van der Waals surface area contributed by atoms with E-state index in [0.717, 1.165) is 16.7 Å². The molecule has 20 heavy (non-hydrogen) atoms. The molecule has 2 unspecified atom stereocenters. The maximum Gasteiger partial charge on any atom is 0.269 e. The third kappa shape index (κ3) is 1.32. The fourth-order valence-electron chi connectivity index (χ4n) is 3.14. The van der Waals surface area contributed by atoms with E-state index >= 15 is 0 Å². The van der Waals surface area contributed by atoms with Crippen LogP contribution in [0.1, 0.15) is 39.1 Å². The first kappa shape index (κ1) is 11.3. The Labute approximate surface area is 114 Å². The summed E-state index contributed by atoms with van der Waals surface area (Å²) in [5, 5.41) is 14.1. The van der Waals surface area contributed by atoms with Gasteiger partial charge in [-0.25, -0.2) is 0 Å². The van der Waals surface area contributed by atoms with Crippen LogP contribution in [0.3, 0.4) is 0 Å². The molecule has 0 spiro atoms. The fraction of sp³-hybridized carbons (Fsp3) is 0.133. The van der Waals surface area contributed by atoms with Gasteiger partial charge in [0.05, 0.1) is 17.0 Å². The molecule has 2 aromatic carbocycles. The molecular formula is C15H10N2O3. The van der Waals surface area contributed by atoms with E-state index in [-0.39, 0.29) is 17.5 Å². The second-order valence-corrected chi connectivity index (χ2v) is 5.05. The number of non-ortho nitro benzene ring substituents is 1. The zero-order valence-electron chi connectivity index (χ0n) is 10.4. The van der Waals surface area contributed by atoms with Crippen molar-refractivity contribution < 1.29 is 9.72 Å². The van der Waals surface area contributed by atoms with Crippen LogP contribution in [0.25, 0.3) is 0 Å². The van der Waals surface area contributed by atoms with Gasteiger partial charge in [-0.1, -0.05) is 24.3 Å². The number of fused-ring (bicyclic) bond motifs is 7. The topological polar surface area (TPSA) is 72.2 Å². The Hall–Kier alpha value is -2.53. The number of nitro benzene ring substituents is 1. The lowest BCUT2D eigenvalue weighted by atomic mass is 9.93. The molecule has 0 amide bonds. The van der Waals surface area contributed by atoms with E-state index < -0.39 is 11.0 Å². The summed E-state index contributed by atoms with van der Waals surface area (Å²) in [7, 11) is 0. The molecule has 2 heterocycles. The number of nitrogens with one attached hydrogen (secondary N) is 1. The first-order valence-electron chi connectivity index (χ1n) is 6.34. The van der Waals surface area contributed by atoms with Gasteiger partial charge in [0.2, 0.25) is 0 Å². The fourth-order valence-corrected chi connectivity index (χ4v) is 3.14. The number of Topliss-reactive ketones (excluding diaryl/α,β-unsaturated/α-hetero) is 1. The van der Waals surface area contributed by atoms with Crippen LogP contribution in [0.2, 0.25) is 0 Å². The number of rotatable bonds is 1. The molecular weight excluding hydrogens is 256 g/mol. The molecule has 4 rings (SSSR count). The molecule has 5 heteroatoms. The third-order valence-electron chi connectivity index (χ3n) is 4.04. The average Bonchev–Trinajstić information content (AvgIpc) is 2.81. The van der Waals surface area contributed by atoms with E-state index in [4.69, 9.17) is 0 Å². The highest BCUT2D eigenvalue weighted by Crippen LogP contribution is 2.45. The molecule has 0 aliphatic carbocycles. The van der Waals surface area contributed by atoms with Crippen LogP contribution in [0.4, 0.5) is 5.69 Å². The minimum atomic E-state index is -0.468. The minimum Gasteiger partial charge on any atom is -0.293 e. The van der Waals surface area contributed by atoms with Gasteiger partial charge in [0.1, 0.15) is 0 Å². The highest BCUT2D eigenvalue weighted by Gasteiger charge is 2.42. The van der Waals surface area contributed by atoms with E-state index in [1.807, 2.05) is 24.3 Å². The number of nitro groups is 1. The van der Waals surface area contributed by atoms with Crippen molar-refractivity contribution in [3.63, 3.8) is 0 Å². The molecule has 0 saturated carbocycles. The summed E-state index contributed by atoms with van der Waals surface area (Å²) in [4.78, 5) is 22.9. The number of nitrogens with zero attached hydrogens (tertiary/aromatic N) is 1. The summed E-state index contributed by atoms with van der Waals surface area (Å²) in [6.45, 7) is 0. The molecule has 5 nitrogen and oxygen atoms in total. The van der Waals surface area contributed by atoms with E-state index in [1.165, 1.54) is 12.1 Å². The summed E-state index contributed by atoms with van der Waals surface area (Å²) in [5.74, 6) is -0.0175. The van der Waals surface area contributed by atoms with Crippen LogP contribution in [-0.2, 0) is 0 Å². The lowest BCUT2D eigenvalue weighted by Gasteiger charge is -2.23. The minimum absolute atomic E-state index is 0.0175. The highest BCUT2D eigenvalue weighted by molar-refractivity contribution is 6.04. The van der Waals surface area contributed by atoms with Gasteiger partial charge in [0, 0.05) is 17.7 Å². The lowest BCUT2D eigenvalue weighted by molar-refractivity contribution is -0.384. The van der Waals surface area contributed by atoms with Gasteiger partial charge in [-0.2, -0.15) is 0 Å². The Balaban J connectivity index is 1.95. The van der Waals surface area contributed by atoms with Crippen molar-refractivity contribution >= 4 is 11.5 Å². The molecule has 0 aromatic heterocycles. The summed E-state index contributed by atoms with van der Waals surface area (Å²) in [6.07, 6.45) is 0. The molecule has 2 bridgehead atoms. The average molecular weight is 266 g/mol. The SMILES string of the molecule is O=C1c2ccccc2C2NC1c1cc([N+](=O)[O-])ccc12. The second-order valence-electron chi connectivity index (χ2n) is 5.05. The quantitative estimate of drug-likeness (QED) is 0.636. The van der Waals surface area contributed by atoms with Gasteiger partial charge < -0.3 is 0 Å². The van der Waals surface area contributed by atoms with Crippen molar-refractivity contribution in [2.75, 3.05) is 0 Å². The maximum atomic E-state index is 12.5. The van der Waals surface area contributed by atoms with Crippen LogP contribution in [-0.4, -0.2) is 10.7 Å². The van der Waals surface area contributed by atoms with E-state index in [2.05, 4.69) is 5.32 Å². The van der Waals surface area contributed by atoms with Crippen molar-refractivity contribution in [1.82, 2.24) is 5.32 Å². The van der Waals surface area contributed by atoms with E-state index in [1.54, 1.807) is 6.07 Å². The molecule has 0 fully saturated rings. The Morgan fingerprint density at radius 3 is 2.60 bits per heavy atom. The largest absolute Gasteiger partial charge is 0.293 e. The van der Waals surface area contributed by atoms with Gasteiger partial charge in [0.15, 0.2) is 5.78 Å². The number of hydrogen-bond donors (Lipinski definition) is 1. The Morgan fingerprint density at radius 1 is 1.00 bits per heavy atom. The van der Waals surface area contributed by atoms with Gasteiger partial charge in [-0.3, -0.25) is 20.2 Å². The van der Waals surface area contributed by atoms with Gasteiger partial charge in [0.25, 0.3) is 5.69 Å². The predicted octanol–water partition coefficient (Wildman–Crippen LogP) is 2.52. The van der Waals surface area contributed by atoms with Crippen molar-refractivity contribution in [1.29, 1.82) is 0 Å². The van der Waals surface area contributed by atoms with E-state index in [0.29, 0.717) is 5.56 Å². The molecule has 2 aliphatic heterocycles. The van der Waals surface area contributed by atoms with Gasteiger partial charge in [-0.15, -0.1) is 0 Å². The first-order valence-corrected chi connectivity index (χ1v) is 6.34. The van der Waals surface area contributed by atoms with Crippen molar-refractivity contribution in [2.45, 2.75) is 12.1 Å². The van der Waals surface area contributed by atoms with Crippen LogP contribution >= 0.6 is 0 Å². The van der Waals surface area contributed by atoms with Crippen molar-refractivity contribution in [3.8, 4) is 0 Å². The summed E-state index contributed by atoms with van der Waals surface area (Å²) < 4.78 is 0. The van der Waals surface area contributed by atoms with Crippen LogP contribution in [0.5, 0.6) is 0 Å².